The summed E-state index contributed by atoms with van der Waals surface area (Å²) in [5.41, 5.74) is 5.43. The number of carbonyl (C=O) groups is 4. The smallest absolute Gasteiger partial charge is 0.488 e. The van der Waals surface area contributed by atoms with E-state index >= 15 is 4.79 Å². The Morgan fingerprint density at radius 2 is 1.62 bits per heavy atom. The van der Waals surface area contributed by atoms with E-state index in [-0.39, 0.29) is 35.5 Å². The number of fused-ring (bicyclic) bond motifs is 4. The number of anilines is 2. The zero-order valence-electron chi connectivity index (χ0n) is 28.8. The second kappa shape index (κ2) is 13.0. The summed E-state index contributed by atoms with van der Waals surface area (Å²) < 4.78 is 5.89. The zero-order valence-corrected chi connectivity index (χ0v) is 30.4. The molecule has 4 N–H and O–H groups in total. The number of aromatic hydroxyl groups is 1. The molecule has 2 aliphatic carbocycles. The number of phenols is 1. The molecule has 4 amide bonds. The van der Waals surface area contributed by atoms with Crippen LogP contribution in [-0.2, 0) is 24.6 Å². The van der Waals surface area contributed by atoms with Gasteiger partial charge in [0.2, 0.25) is 11.8 Å². The first-order valence-electron chi connectivity index (χ1n) is 17.3. The van der Waals surface area contributed by atoms with Gasteiger partial charge in [-0.15, -0.1) is 0 Å². The number of benzene rings is 4. The lowest BCUT2D eigenvalue weighted by Gasteiger charge is -2.50. The number of imide groups is 2. The van der Waals surface area contributed by atoms with Gasteiger partial charge < -0.3 is 19.9 Å². The first-order valence-corrected chi connectivity index (χ1v) is 18.1. The molecular weight excluding hydrogens is 741 g/mol. The molecule has 1 saturated carbocycles. The standard InChI is InChI=1S/C40H35BBrN3O8/c1-21-11-13-25(14-12-21)43-45-37(48)30-20-29-27(15-16-28-33(29)38(49)44(36(28)47)26-10-6-9-24(19-26)41(51)52)34(22-17-31(42)35(46)32(18-22)53-2)40(30,39(45)50)23-7-4-3-5-8-23/h3-15,17-19,28-30,33-34,43,46,51-52H,16,20H2,1-2H3. The Balaban J connectivity index is 1.32. The molecule has 268 valence electrons. The fraction of sp³-hybridized carbons (Fsp3) is 0.250. The topological polar surface area (TPSA) is 157 Å². The second-order valence-corrected chi connectivity index (χ2v) is 15.0. The number of amides is 4. The minimum absolute atomic E-state index is 0.105. The third-order valence-corrected chi connectivity index (χ3v) is 12.0. The lowest BCUT2D eigenvalue weighted by molar-refractivity contribution is -0.138. The van der Waals surface area contributed by atoms with Crippen LogP contribution in [0.3, 0.4) is 0 Å². The van der Waals surface area contributed by atoms with Gasteiger partial charge in [-0.25, -0.2) is 0 Å². The monoisotopic (exact) mass is 775 g/mol. The van der Waals surface area contributed by atoms with Crippen LogP contribution in [0.4, 0.5) is 11.4 Å². The quantitative estimate of drug-likeness (QED) is 0.122. The molecule has 4 aliphatic rings. The van der Waals surface area contributed by atoms with Gasteiger partial charge in [-0.2, -0.15) is 5.01 Å². The maximum atomic E-state index is 15.3. The molecule has 0 spiro atoms. The van der Waals surface area contributed by atoms with Crippen LogP contribution in [0.5, 0.6) is 11.5 Å². The number of rotatable bonds is 7. The maximum Gasteiger partial charge on any atom is 0.488 e. The Kier molecular flexibility index (Phi) is 8.55. The summed E-state index contributed by atoms with van der Waals surface area (Å²) in [5, 5.41) is 31.6. The van der Waals surface area contributed by atoms with Gasteiger partial charge >= 0.3 is 7.12 Å². The molecule has 2 heterocycles. The van der Waals surface area contributed by atoms with Crippen LogP contribution in [0.1, 0.15) is 35.4 Å². The third kappa shape index (κ3) is 5.24. The summed E-state index contributed by atoms with van der Waals surface area (Å²) in [6.07, 6.45) is 2.25. The van der Waals surface area contributed by atoms with Gasteiger partial charge in [-0.1, -0.05) is 71.8 Å². The number of aryl methyl sites for hydroxylation is 1. The summed E-state index contributed by atoms with van der Waals surface area (Å²) in [5.74, 6) is -5.79. The van der Waals surface area contributed by atoms with Crippen molar-refractivity contribution in [1.82, 2.24) is 5.01 Å². The molecular formula is C40H35BBrN3O8. The van der Waals surface area contributed by atoms with E-state index in [9.17, 15) is 29.5 Å². The molecule has 0 bridgehead atoms. The summed E-state index contributed by atoms with van der Waals surface area (Å²) in [4.78, 5) is 60.0. The molecule has 0 radical (unpaired) electrons. The van der Waals surface area contributed by atoms with Gasteiger partial charge in [0, 0.05) is 5.92 Å². The molecule has 2 aliphatic heterocycles. The van der Waals surface area contributed by atoms with Crippen LogP contribution in [-0.4, -0.2) is 58.0 Å². The lowest BCUT2D eigenvalue weighted by Crippen LogP contribution is -2.53. The van der Waals surface area contributed by atoms with Crippen LogP contribution >= 0.6 is 15.9 Å². The molecule has 53 heavy (non-hydrogen) atoms. The van der Waals surface area contributed by atoms with E-state index in [1.165, 1.54) is 19.2 Å². The highest BCUT2D eigenvalue weighted by Crippen LogP contribution is 2.64. The van der Waals surface area contributed by atoms with E-state index in [1.807, 2.05) is 55.5 Å². The Labute approximate surface area is 314 Å². The Morgan fingerprint density at radius 1 is 0.887 bits per heavy atom. The summed E-state index contributed by atoms with van der Waals surface area (Å²) in [6, 6.07) is 25.9. The van der Waals surface area contributed by atoms with E-state index in [0.29, 0.717) is 21.3 Å². The Morgan fingerprint density at radius 3 is 2.32 bits per heavy atom. The van der Waals surface area contributed by atoms with Gasteiger partial charge in [0.1, 0.15) is 0 Å². The van der Waals surface area contributed by atoms with Crippen LogP contribution in [0.25, 0.3) is 0 Å². The molecule has 2 saturated heterocycles. The first kappa shape index (κ1) is 34.8. The number of phenolic OH excluding ortho intramolecular Hbond substituents is 1. The zero-order chi connectivity index (χ0) is 37.3. The predicted octanol–water partition coefficient (Wildman–Crippen LogP) is 4.34. The maximum absolute atomic E-state index is 15.3. The molecule has 6 unspecified atom stereocenters. The number of nitrogens with zero attached hydrogens (tertiary/aromatic N) is 2. The number of allylic oxidation sites excluding steroid dienone is 2. The van der Waals surface area contributed by atoms with E-state index in [2.05, 4.69) is 21.4 Å². The second-order valence-electron chi connectivity index (χ2n) is 14.1. The van der Waals surface area contributed by atoms with E-state index < -0.39 is 65.8 Å². The van der Waals surface area contributed by atoms with E-state index in [4.69, 9.17) is 4.74 Å². The number of hydrogen-bond acceptors (Lipinski definition) is 9. The minimum Gasteiger partial charge on any atom is -0.503 e. The lowest BCUT2D eigenvalue weighted by atomic mass is 9.49. The Hall–Kier alpha value is -5.24. The highest BCUT2D eigenvalue weighted by atomic mass is 79.9. The number of hydrogen-bond donors (Lipinski definition) is 4. The summed E-state index contributed by atoms with van der Waals surface area (Å²) in [7, 11) is -0.373. The van der Waals surface area contributed by atoms with Crippen LogP contribution in [0.15, 0.2) is 107 Å². The summed E-state index contributed by atoms with van der Waals surface area (Å²) >= 11 is 3.47. The molecule has 4 aromatic rings. The number of methoxy groups -OCH3 is 1. The molecule has 3 fully saturated rings. The van der Waals surface area contributed by atoms with Crippen LogP contribution in [0, 0.1) is 30.6 Å². The van der Waals surface area contributed by atoms with Crippen LogP contribution in [0.2, 0.25) is 0 Å². The van der Waals surface area contributed by atoms with Crippen molar-refractivity contribution in [2.24, 2.45) is 23.7 Å². The van der Waals surface area contributed by atoms with Crippen molar-refractivity contribution in [2.45, 2.75) is 31.1 Å². The van der Waals surface area contributed by atoms with Crippen molar-refractivity contribution >= 4 is 63.5 Å². The van der Waals surface area contributed by atoms with Crippen molar-refractivity contribution in [3.63, 3.8) is 0 Å². The SMILES string of the molecule is COc1cc(C2C3=CCC4C(=O)N(c5cccc(B(O)O)c5)C(=O)C4C3CC3C(=O)N(Nc4ccc(C)cc4)C(=O)C32c2ccccc2)cc(Br)c1O. The molecule has 6 atom stereocenters. The minimum atomic E-state index is -1.80. The average molecular weight is 776 g/mol. The normalized spacial score (nSPS) is 26.2. The van der Waals surface area contributed by atoms with Crippen molar-refractivity contribution in [3.05, 3.63) is 124 Å². The van der Waals surface area contributed by atoms with E-state index in [0.717, 1.165) is 21.0 Å². The predicted molar refractivity (Wildman–Crippen MR) is 200 cm³/mol. The van der Waals surface area contributed by atoms with Crippen molar-refractivity contribution in [2.75, 3.05) is 17.4 Å². The highest BCUT2D eigenvalue weighted by Gasteiger charge is 2.70. The van der Waals surface area contributed by atoms with Crippen LogP contribution < -0.4 is 20.5 Å². The fourth-order valence-corrected chi connectivity index (χ4v) is 9.58. The van der Waals surface area contributed by atoms with Gasteiger partial charge in [0.25, 0.3) is 11.8 Å². The van der Waals surface area contributed by atoms with Gasteiger partial charge in [0.05, 0.1) is 46.1 Å². The number of nitrogens with one attached hydrogen (secondary N) is 1. The molecule has 8 rings (SSSR count). The third-order valence-electron chi connectivity index (χ3n) is 11.4. The Bertz CT molecular complexity index is 2210. The van der Waals surface area contributed by atoms with Crippen molar-refractivity contribution < 1.29 is 39.1 Å². The van der Waals surface area contributed by atoms with Crippen molar-refractivity contribution in [1.29, 1.82) is 0 Å². The molecule has 13 heteroatoms. The molecule has 0 aromatic heterocycles. The number of hydrazine groups is 1. The molecule has 4 aromatic carbocycles. The molecule has 11 nitrogen and oxygen atoms in total. The number of ether oxygens (including phenoxy) is 1. The summed E-state index contributed by atoms with van der Waals surface area (Å²) in [6.45, 7) is 1.94. The average Bonchev–Trinajstić information content (AvgIpc) is 3.54. The number of carbonyl (C=O) groups excluding carboxylic acids is 4. The van der Waals surface area contributed by atoms with E-state index in [1.54, 1.807) is 36.4 Å². The van der Waals surface area contributed by atoms with Crippen molar-refractivity contribution in [3.8, 4) is 11.5 Å². The largest absolute Gasteiger partial charge is 0.503 e. The van der Waals surface area contributed by atoms with Gasteiger partial charge in [-0.05, 0) is 94.6 Å². The fourth-order valence-electron chi connectivity index (χ4n) is 9.12. The first-order chi connectivity index (χ1) is 25.5. The van der Waals surface area contributed by atoms with Gasteiger partial charge in [-0.3, -0.25) is 29.5 Å². The number of halogens is 1. The van der Waals surface area contributed by atoms with Gasteiger partial charge in [0.15, 0.2) is 11.5 Å². The highest BCUT2D eigenvalue weighted by molar-refractivity contribution is 9.10.